The van der Waals surface area contributed by atoms with Crippen molar-refractivity contribution in [3.8, 4) is 6.07 Å². The summed E-state index contributed by atoms with van der Waals surface area (Å²) in [5, 5.41) is 9.16. The molecule has 0 spiro atoms. The van der Waals surface area contributed by atoms with Crippen LogP contribution in [-0.2, 0) is 9.59 Å². The summed E-state index contributed by atoms with van der Waals surface area (Å²) in [5.74, 6) is -0.815. The lowest BCUT2D eigenvalue weighted by molar-refractivity contribution is -0.138. The van der Waals surface area contributed by atoms with Gasteiger partial charge in [0.25, 0.3) is 5.91 Å². The van der Waals surface area contributed by atoms with Crippen LogP contribution in [-0.4, -0.2) is 86.2 Å². The summed E-state index contributed by atoms with van der Waals surface area (Å²) in [6.07, 6.45) is 6.26. The Labute approximate surface area is 161 Å². The van der Waals surface area contributed by atoms with Crippen molar-refractivity contribution in [3.05, 3.63) is 24.3 Å². The first-order valence-corrected chi connectivity index (χ1v) is 9.34. The molecule has 3 aliphatic rings. The maximum atomic E-state index is 12.8. The van der Waals surface area contributed by atoms with Crippen LogP contribution >= 0.6 is 0 Å². The Kier molecular flexibility index (Phi) is 4.68. The Morgan fingerprint density at radius 1 is 1.36 bits per heavy atom. The van der Waals surface area contributed by atoms with Crippen LogP contribution in [0.25, 0.3) is 0 Å². The highest BCUT2D eigenvalue weighted by Gasteiger charge is 2.52. The first kappa shape index (κ1) is 18.3. The minimum Gasteiger partial charge on any atom is -0.334 e. The van der Waals surface area contributed by atoms with Crippen molar-refractivity contribution in [2.24, 2.45) is 5.73 Å². The molecule has 1 aromatic rings. The van der Waals surface area contributed by atoms with Crippen LogP contribution in [0.5, 0.6) is 0 Å². The van der Waals surface area contributed by atoms with Crippen LogP contribution in [0.15, 0.2) is 18.6 Å². The number of nitrogens with two attached hydrogens (primary N) is 1. The molecule has 0 saturated carbocycles. The first-order valence-electron chi connectivity index (χ1n) is 9.34. The Bertz CT molecular complexity index is 839. The number of hydrogen-bond donors (Lipinski definition) is 1. The van der Waals surface area contributed by atoms with E-state index in [-0.39, 0.29) is 36.0 Å². The minimum atomic E-state index is -0.874. The Morgan fingerprint density at radius 3 is 2.86 bits per heavy atom. The smallest absolute Gasteiger partial charge is 0.274 e. The summed E-state index contributed by atoms with van der Waals surface area (Å²) < 4.78 is 0. The summed E-state index contributed by atoms with van der Waals surface area (Å²) >= 11 is 0. The molecule has 3 amide bonds. The van der Waals surface area contributed by atoms with Gasteiger partial charge in [0.1, 0.15) is 23.8 Å². The number of carbonyl (C=O) groups excluding carboxylic acids is 3. The third-order valence-corrected chi connectivity index (χ3v) is 5.73. The summed E-state index contributed by atoms with van der Waals surface area (Å²) in [7, 11) is 0. The van der Waals surface area contributed by atoms with Gasteiger partial charge in [-0.25, -0.2) is 4.98 Å². The van der Waals surface area contributed by atoms with Crippen molar-refractivity contribution >= 4 is 17.7 Å². The van der Waals surface area contributed by atoms with Gasteiger partial charge in [-0.15, -0.1) is 0 Å². The van der Waals surface area contributed by atoms with Crippen molar-refractivity contribution in [1.82, 2.24) is 24.7 Å². The highest BCUT2D eigenvalue weighted by Crippen LogP contribution is 2.33. The fourth-order valence-corrected chi connectivity index (χ4v) is 4.33. The predicted octanol–water partition coefficient (Wildman–Crippen LogP) is -1.26. The van der Waals surface area contributed by atoms with E-state index in [1.54, 1.807) is 4.90 Å². The molecule has 0 radical (unpaired) electrons. The molecule has 2 bridgehead atoms. The summed E-state index contributed by atoms with van der Waals surface area (Å²) in [6.45, 7) is 1.00. The van der Waals surface area contributed by atoms with Gasteiger partial charge >= 0.3 is 0 Å². The molecule has 1 aromatic heterocycles. The van der Waals surface area contributed by atoms with Crippen molar-refractivity contribution < 1.29 is 14.4 Å². The molecule has 10 heteroatoms. The van der Waals surface area contributed by atoms with E-state index >= 15 is 0 Å². The SMILES string of the molecule is N#C[C@@H]1CCCN1C(=O)[C@@H](N)CN1C(=O)[C@@H]2C[C@H]1CN2C(=O)c1cnccn1. The Hall–Kier alpha value is -3.06. The van der Waals surface area contributed by atoms with E-state index in [1.807, 2.05) is 0 Å². The molecule has 10 nitrogen and oxygen atoms in total. The van der Waals surface area contributed by atoms with Gasteiger partial charge in [-0.2, -0.15) is 5.26 Å². The average molecular weight is 383 g/mol. The number of hydrogen-bond acceptors (Lipinski definition) is 7. The van der Waals surface area contributed by atoms with Crippen molar-refractivity contribution in [1.29, 1.82) is 5.26 Å². The first-order chi connectivity index (χ1) is 13.5. The molecule has 28 heavy (non-hydrogen) atoms. The molecule has 3 saturated heterocycles. The van der Waals surface area contributed by atoms with Gasteiger partial charge in [0.15, 0.2) is 0 Å². The molecule has 3 aliphatic heterocycles. The number of nitrogens with zero attached hydrogens (tertiary/aromatic N) is 6. The molecule has 0 unspecified atom stereocenters. The summed E-state index contributed by atoms with van der Waals surface area (Å²) in [6, 6.07) is 0.0931. The lowest BCUT2D eigenvalue weighted by Crippen LogP contribution is -2.57. The number of amides is 3. The monoisotopic (exact) mass is 383 g/mol. The lowest BCUT2D eigenvalue weighted by atomic mass is 10.2. The van der Waals surface area contributed by atoms with E-state index in [4.69, 9.17) is 11.0 Å². The van der Waals surface area contributed by atoms with Gasteiger partial charge in [-0.05, 0) is 19.3 Å². The number of carbonyl (C=O) groups is 3. The van der Waals surface area contributed by atoms with Gasteiger partial charge in [0.05, 0.1) is 18.3 Å². The van der Waals surface area contributed by atoms with Crippen LogP contribution in [0.4, 0.5) is 0 Å². The van der Waals surface area contributed by atoms with Gasteiger partial charge in [0.2, 0.25) is 11.8 Å². The normalized spacial score (nSPS) is 27.2. The van der Waals surface area contributed by atoms with Crippen molar-refractivity contribution in [3.63, 3.8) is 0 Å². The van der Waals surface area contributed by atoms with Crippen molar-refractivity contribution in [2.45, 2.75) is 43.4 Å². The predicted molar refractivity (Wildman–Crippen MR) is 95.3 cm³/mol. The molecule has 3 fully saturated rings. The maximum Gasteiger partial charge on any atom is 0.274 e. The second-order valence-corrected chi connectivity index (χ2v) is 7.37. The Balaban J connectivity index is 1.40. The summed E-state index contributed by atoms with van der Waals surface area (Å²) in [5.41, 5.74) is 6.29. The second-order valence-electron chi connectivity index (χ2n) is 7.37. The second kappa shape index (κ2) is 7.16. The fraction of sp³-hybridized carbons (Fsp3) is 0.556. The zero-order valence-electron chi connectivity index (χ0n) is 15.3. The molecule has 4 heterocycles. The molecular weight excluding hydrogens is 362 g/mol. The van der Waals surface area contributed by atoms with E-state index in [0.29, 0.717) is 25.9 Å². The third-order valence-electron chi connectivity index (χ3n) is 5.73. The van der Waals surface area contributed by atoms with Crippen LogP contribution < -0.4 is 5.73 Å². The quantitative estimate of drug-likeness (QED) is 0.685. The van der Waals surface area contributed by atoms with E-state index in [0.717, 1.165) is 6.42 Å². The van der Waals surface area contributed by atoms with Gasteiger partial charge in [-0.3, -0.25) is 19.4 Å². The van der Waals surface area contributed by atoms with Gasteiger partial charge in [0, 0.05) is 32.0 Å². The molecular formula is C18H21N7O3. The number of likely N-dealkylation sites (tertiary alicyclic amines) is 3. The van der Waals surface area contributed by atoms with Crippen LogP contribution in [0.1, 0.15) is 29.8 Å². The molecule has 4 atom stereocenters. The summed E-state index contributed by atoms with van der Waals surface area (Å²) in [4.78, 5) is 50.5. The molecule has 0 aromatic carbocycles. The molecule has 0 aliphatic carbocycles. The average Bonchev–Trinajstić information content (AvgIpc) is 3.43. The molecule has 2 N–H and O–H groups in total. The van der Waals surface area contributed by atoms with Gasteiger partial charge < -0.3 is 20.4 Å². The highest BCUT2D eigenvalue weighted by atomic mass is 16.2. The molecule has 4 rings (SSSR count). The van der Waals surface area contributed by atoms with Crippen LogP contribution in [0.2, 0.25) is 0 Å². The standard InChI is InChI=1S/C18H21N7O3/c19-7-11-2-1-5-23(11)16(26)13(20)10-24-12-6-15(18(24)28)25(9-12)17(27)14-8-21-3-4-22-14/h3-4,8,11-13,15H,1-2,5-6,9-10,20H2/t11-,12-,13-,15-/m0/s1. The zero-order chi connectivity index (χ0) is 19.8. The van der Waals surface area contributed by atoms with Crippen molar-refractivity contribution in [2.75, 3.05) is 19.6 Å². The minimum absolute atomic E-state index is 0.0979. The van der Waals surface area contributed by atoms with E-state index in [9.17, 15) is 14.4 Å². The van der Waals surface area contributed by atoms with E-state index in [2.05, 4.69) is 16.0 Å². The van der Waals surface area contributed by atoms with E-state index in [1.165, 1.54) is 28.4 Å². The van der Waals surface area contributed by atoms with Crippen LogP contribution in [0, 0.1) is 11.3 Å². The van der Waals surface area contributed by atoms with Crippen LogP contribution in [0.3, 0.4) is 0 Å². The zero-order valence-corrected chi connectivity index (χ0v) is 15.3. The van der Waals surface area contributed by atoms with E-state index < -0.39 is 18.1 Å². The maximum absolute atomic E-state index is 12.8. The van der Waals surface area contributed by atoms with Gasteiger partial charge in [-0.1, -0.05) is 0 Å². The third kappa shape index (κ3) is 2.97. The number of nitriles is 1. The Morgan fingerprint density at radius 2 is 2.18 bits per heavy atom. The largest absolute Gasteiger partial charge is 0.334 e. The molecule has 146 valence electrons. The number of aromatic nitrogens is 2. The lowest BCUT2D eigenvalue weighted by Gasteiger charge is -2.35. The fourth-order valence-electron chi connectivity index (χ4n) is 4.33. The number of rotatable bonds is 4. The highest BCUT2D eigenvalue weighted by molar-refractivity contribution is 5.98. The number of piperazine rings is 1. The number of fused-ring (bicyclic) bond motifs is 2. The topological polar surface area (TPSA) is 137 Å².